The smallest absolute Gasteiger partial charge is 0.143 e. The third-order valence-electron chi connectivity index (χ3n) is 3.09. The second-order valence-corrected chi connectivity index (χ2v) is 6.25. The molecule has 2 aromatic rings. The Morgan fingerprint density at radius 3 is 2.43 bits per heavy atom. The molecule has 2 rings (SSSR count). The number of nitrogens with one attached hydrogen (secondary N) is 1. The zero-order valence-corrected chi connectivity index (χ0v) is 14.6. The van der Waals surface area contributed by atoms with Crippen LogP contribution in [-0.4, -0.2) is 16.5 Å². The van der Waals surface area contributed by atoms with E-state index in [2.05, 4.69) is 51.7 Å². The molecule has 1 N–H and O–H groups in total. The first-order valence-electron chi connectivity index (χ1n) is 7.05. The highest BCUT2D eigenvalue weighted by molar-refractivity contribution is 14.1. The summed E-state index contributed by atoms with van der Waals surface area (Å²) in [4.78, 5) is 9.28. The lowest BCUT2D eigenvalue weighted by molar-refractivity contribution is 0.627. The van der Waals surface area contributed by atoms with Gasteiger partial charge in [-0.2, -0.15) is 0 Å². The van der Waals surface area contributed by atoms with Gasteiger partial charge in [-0.1, -0.05) is 26.0 Å². The van der Waals surface area contributed by atoms with Crippen LogP contribution in [0.15, 0.2) is 24.3 Å². The molecule has 1 heterocycles. The molecule has 0 saturated heterocycles. The lowest BCUT2D eigenvalue weighted by Gasteiger charge is -2.14. The number of benzene rings is 1. The Kier molecular flexibility index (Phi) is 5.50. The van der Waals surface area contributed by atoms with E-state index < -0.39 is 0 Å². The van der Waals surface area contributed by atoms with Gasteiger partial charge in [0, 0.05) is 13.0 Å². The third-order valence-corrected chi connectivity index (χ3v) is 4.15. The Balaban J connectivity index is 2.36. The van der Waals surface area contributed by atoms with Crippen LogP contribution in [0.1, 0.15) is 43.8 Å². The van der Waals surface area contributed by atoms with Gasteiger partial charge < -0.3 is 5.32 Å². The first kappa shape index (κ1) is 16.1. The maximum absolute atomic E-state index is 13.0. The van der Waals surface area contributed by atoms with Gasteiger partial charge in [-0.25, -0.2) is 14.4 Å². The lowest BCUT2D eigenvalue weighted by Crippen LogP contribution is -2.11. The average Bonchev–Trinajstić information content (AvgIpc) is 2.44. The third kappa shape index (κ3) is 4.12. The number of hydrogen-bond donors (Lipinski definition) is 1. The molecule has 0 bridgehead atoms. The van der Waals surface area contributed by atoms with Crippen molar-refractivity contribution in [2.75, 3.05) is 11.9 Å². The summed E-state index contributed by atoms with van der Waals surface area (Å²) < 4.78 is 14.0. The highest BCUT2D eigenvalue weighted by Gasteiger charge is 2.14. The van der Waals surface area contributed by atoms with E-state index in [1.165, 1.54) is 12.1 Å². The summed E-state index contributed by atoms with van der Waals surface area (Å²) in [5.74, 6) is 1.76. The molecule has 5 heteroatoms. The SMILES string of the molecule is CCNc1nc(Cc2ccc(F)cc2)nc(C(C)C)c1I. The Morgan fingerprint density at radius 1 is 1.19 bits per heavy atom. The molecule has 1 aromatic heterocycles. The summed E-state index contributed by atoms with van der Waals surface area (Å²) in [6.07, 6.45) is 0.606. The number of aromatic nitrogens is 2. The predicted octanol–water partition coefficient (Wildman–Crippen LogP) is 4.37. The van der Waals surface area contributed by atoms with Gasteiger partial charge >= 0.3 is 0 Å². The second-order valence-electron chi connectivity index (χ2n) is 5.18. The van der Waals surface area contributed by atoms with Gasteiger partial charge in [-0.3, -0.25) is 0 Å². The summed E-state index contributed by atoms with van der Waals surface area (Å²) in [5.41, 5.74) is 2.06. The largest absolute Gasteiger partial charge is 0.369 e. The van der Waals surface area contributed by atoms with Crippen LogP contribution in [0, 0.1) is 9.39 Å². The molecular formula is C16H19FIN3. The molecule has 3 nitrogen and oxygen atoms in total. The molecule has 0 aliphatic rings. The molecule has 21 heavy (non-hydrogen) atoms. The Bertz CT molecular complexity index is 612. The summed E-state index contributed by atoms with van der Waals surface area (Å²) in [7, 11) is 0. The number of hydrogen-bond acceptors (Lipinski definition) is 3. The van der Waals surface area contributed by atoms with E-state index in [0.717, 1.165) is 33.0 Å². The van der Waals surface area contributed by atoms with Crippen molar-refractivity contribution in [1.82, 2.24) is 9.97 Å². The monoisotopic (exact) mass is 399 g/mol. The van der Waals surface area contributed by atoms with Crippen LogP contribution in [0.25, 0.3) is 0 Å². The van der Waals surface area contributed by atoms with Gasteiger partial charge in [0.1, 0.15) is 17.5 Å². The summed E-state index contributed by atoms with van der Waals surface area (Å²) in [5, 5.41) is 3.29. The van der Waals surface area contributed by atoms with Gasteiger partial charge in [-0.15, -0.1) is 0 Å². The fourth-order valence-corrected chi connectivity index (χ4v) is 3.10. The zero-order valence-electron chi connectivity index (χ0n) is 12.5. The van der Waals surface area contributed by atoms with Crippen LogP contribution in [0.2, 0.25) is 0 Å². The van der Waals surface area contributed by atoms with Crippen molar-refractivity contribution in [3.05, 3.63) is 50.7 Å². The van der Waals surface area contributed by atoms with Crippen LogP contribution in [-0.2, 0) is 6.42 Å². The average molecular weight is 399 g/mol. The van der Waals surface area contributed by atoms with Crippen molar-refractivity contribution in [3.63, 3.8) is 0 Å². The highest BCUT2D eigenvalue weighted by atomic mass is 127. The molecule has 0 radical (unpaired) electrons. The number of anilines is 1. The van der Waals surface area contributed by atoms with Crippen LogP contribution in [0.3, 0.4) is 0 Å². The Hall–Kier alpha value is -1.24. The normalized spacial score (nSPS) is 11.0. The summed E-state index contributed by atoms with van der Waals surface area (Å²) in [6.45, 7) is 7.12. The van der Waals surface area contributed by atoms with Crippen LogP contribution < -0.4 is 5.32 Å². The molecule has 0 atom stereocenters. The van der Waals surface area contributed by atoms with Crippen molar-refractivity contribution >= 4 is 28.4 Å². The van der Waals surface area contributed by atoms with Crippen molar-refractivity contribution in [3.8, 4) is 0 Å². The molecule has 0 unspecified atom stereocenters. The molecule has 0 fully saturated rings. The molecule has 112 valence electrons. The van der Waals surface area contributed by atoms with E-state index in [1.807, 2.05) is 6.92 Å². The highest BCUT2D eigenvalue weighted by Crippen LogP contribution is 2.25. The van der Waals surface area contributed by atoms with Gasteiger partial charge in [0.15, 0.2) is 0 Å². The molecule has 0 spiro atoms. The van der Waals surface area contributed by atoms with E-state index >= 15 is 0 Å². The minimum atomic E-state index is -0.224. The van der Waals surface area contributed by atoms with E-state index in [-0.39, 0.29) is 5.82 Å². The summed E-state index contributed by atoms with van der Waals surface area (Å²) >= 11 is 2.29. The fourth-order valence-electron chi connectivity index (χ4n) is 2.04. The maximum atomic E-state index is 13.0. The molecule has 0 aliphatic carbocycles. The second kappa shape index (κ2) is 7.15. The quantitative estimate of drug-likeness (QED) is 0.759. The zero-order chi connectivity index (χ0) is 15.4. The minimum Gasteiger partial charge on any atom is -0.369 e. The van der Waals surface area contributed by atoms with Crippen molar-refractivity contribution in [2.24, 2.45) is 0 Å². The molecular weight excluding hydrogens is 380 g/mol. The van der Waals surface area contributed by atoms with Crippen LogP contribution in [0.5, 0.6) is 0 Å². The Labute approximate surface area is 138 Å². The van der Waals surface area contributed by atoms with Gasteiger partial charge in [0.25, 0.3) is 0 Å². The lowest BCUT2D eigenvalue weighted by atomic mass is 10.1. The number of halogens is 2. The molecule has 0 aliphatic heterocycles. The molecule has 0 saturated carbocycles. The molecule has 1 aromatic carbocycles. The standard InChI is InChI=1S/C16H19FIN3/c1-4-19-16-14(18)15(10(2)3)20-13(21-16)9-11-5-7-12(17)8-6-11/h5-8,10H,4,9H2,1-3H3,(H,19,20,21). The topological polar surface area (TPSA) is 37.8 Å². The van der Waals surface area contributed by atoms with Gasteiger partial charge in [0.05, 0.1) is 9.26 Å². The van der Waals surface area contributed by atoms with Crippen molar-refractivity contribution in [1.29, 1.82) is 0 Å². The van der Waals surface area contributed by atoms with E-state index in [4.69, 9.17) is 0 Å². The van der Waals surface area contributed by atoms with E-state index in [0.29, 0.717) is 12.3 Å². The van der Waals surface area contributed by atoms with Crippen LogP contribution >= 0.6 is 22.6 Å². The van der Waals surface area contributed by atoms with Gasteiger partial charge in [-0.05, 0) is 53.1 Å². The number of rotatable bonds is 5. The first-order valence-corrected chi connectivity index (χ1v) is 8.13. The first-order chi connectivity index (χ1) is 10.0. The minimum absolute atomic E-state index is 0.224. The Morgan fingerprint density at radius 2 is 1.86 bits per heavy atom. The van der Waals surface area contributed by atoms with Gasteiger partial charge in [0.2, 0.25) is 0 Å². The number of nitrogens with zero attached hydrogens (tertiary/aromatic N) is 2. The fraction of sp³-hybridized carbons (Fsp3) is 0.375. The van der Waals surface area contributed by atoms with E-state index in [9.17, 15) is 4.39 Å². The maximum Gasteiger partial charge on any atom is 0.143 e. The van der Waals surface area contributed by atoms with Crippen LogP contribution in [0.4, 0.5) is 10.2 Å². The molecule has 0 amide bonds. The van der Waals surface area contributed by atoms with Crippen molar-refractivity contribution in [2.45, 2.75) is 33.1 Å². The van der Waals surface area contributed by atoms with Crippen molar-refractivity contribution < 1.29 is 4.39 Å². The summed E-state index contributed by atoms with van der Waals surface area (Å²) in [6, 6.07) is 6.49. The predicted molar refractivity (Wildman–Crippen MR) is 92.2 cm³/mol. The van der Waals surface area contributed by atoms with E-state index in [1.54, 1.807) is 12.1 Å².